The third-order valence-corrected chi connectivity index (χ3v) is 7.68. The summed E-state index contributed by atoms with van der Waals surface area (Å²) in [7, 11) is 0. The number of carbonyl (C=O) groups excluding carboxylic acids is 1. The topological polar surface area (TPSA) is 32.3 Å². The quantitative estimate of drug-likeness (QED) is 0.438. The smallest absolute Gasteiger partial charge is 0.350 e. The highest BCUT2D eigenvalue weighted by atomic mass is 19.4. The second kappa shape index (κ2) is 9.50. The van der Waals surface area contributed by atoms with E-state index in [1.54, 1.807) is 30.3 Å². The van der Waals surface area contributed by atoms with Gasteiger partial charge < -0.3 is 5.32 Å². The first kappa shape index (κ1) is 23.6. The summed E-state index contributed by atoms with van der Waals surface area (Å²) < 4.78 is 40.3. The predicted octanol–water partition coefficient (Wildman–Crippen LogP) is 6.51. The number of likely N-dealkylation sites (tertiary alicyclic amines) is 1. The number of carbonyl (C=O) groups is 1. The molecule has 35 heavy (non-hydrogen) atoms. The normalized spacial score (nSPS) is 22.5. The Morgan fingerprint density at radius 3 is 2.20 bits per heavy atom. The first-order chi connectivity index (χ1) is 16.9. The number of amides is 1. The predicted molar refractivity (Wildman–Crippen MR) is 131 cm³/mol. The Kier molecular flexibility index (Phi) is 6.41. The van der Waals surface area contributed by atoms with Gasteiger partial charge in [0.15, 0.2) is 0 Å². The maximum Gasteiger partial charge on any atom is 0.416 e. The minimum Gasteiger partial charge on any atom is -0.350 e. The fraction of sp³-hybridized carbons (Fsp3) is 0.345. The van der Waals surface area contributed by atoms with Crippen LogP contribution in [0.1, 0.15) is 53.1 Å². The van der Waals surface area contributed by atoms with Gasteiger partial charge in [-0.15, -0.1) is 0 Å². The molecule has 182 valence electrons. The average Bonchev–Trinajstić information content (AvgIpc) is 3.39. The molecule has 3 nitrogen and oxygen atoms in total. The van der Waals surface area contributed by atoms with Crippen LogP contribution in [0.2, 0.25) is 0 Å². The maximum absolute atomic E-state index is 13.4. The van der Waals surface area contributed by atoms with E-state index in [-0.39, 0.29) is 17.0 Å². The second-order valence-electron chi connectivity index (χ2n) is 9.61. The van der Waals surface area contributed by atoms with Crippen molar-refractivity contribution in [3.63, 3.8) is 0 Å². The number of hydrogen-bond donors (Lipinski definition) is 1. The average molecular weight is 479 g/mol. The molecule has 1 N–H and O–H groups in total. The fourth-order valence-electron chi connectivity index (χ4n) is 5.75. The summed E-state index contributed by atoms with van der Waals surface area (Å²) in [5.41, 5.74) is 1.50. The van der Waals surface area contributed by atoms with Gasteiger partial charge in [0.1, 0.15) is 0 Å². The SMILES string of the molecule is O=C(NCC1(N2CCCC2)CCC1c1ccccc1)c1ccc(C(F)(F)F)cc1-c1ccccc1. The Labute approximate surface area is 204 Å². The number of alkyl halides is 3. The largest absolute Gasteiger partial charge is 0.416 e. The van der Waals surface area contributed by atoms with E-state index >= 15 is 0 Å². The van der Waals surface area contributed by atoms with Crippen molar-refractivity contribution in [3.8, 4) is 11.1 Å². The Hall–Kier alpha value is -3.12. The van der Waals surface area contributed by atoms with Gasteiger partial charge >= 0.3 is 6.18 Å². The summed E-state index contributed by atoms with van der Waals surface area (Å²) in [4.78, 5) is 15.9. The van der Waals surface area contributed by atoms with Crippen LogP contribution in [-0.4, -0.2) is 36.0 Å². The van der Waals surface area contributed by atoms with E-state index in [2.05, 4.69) is 34.5 Å². The molecule has 3 aromatic carbocycles. The van der Waals surface area contributed by atoms with Crippen LogP contribution in [0.25, 0.3) is 11.1 Å². The van der Waals surface area contributed by atoms with Crippen LogP contribution >= 0.6 is 0 Å². The van der Waals surface area contributed by atoms with Crippen molar-refractivity contribution < 1.29 is 18.0 Å². The van der Waals surface area contributed by atoms with E-state index in [1.807, 2.05) is 6.07 Å². The Balaban J connectivity index is 1.44. The Bertz CT molecular complexity index is 1170. The zero-order valence-corrected chi connectivity index (χ0v) is 19.5. The monoisotopic (exact) mass is 478 g/mol. The van der Waals surface area contributed by atoms with Crippen LogP contribution in [-0.2, 0) is 6.18 Å². The van der Waals surface area contributed by atoms with E-state index in [0.717, 1.165) is 50.9 Å². The lowest BCUT2D eigenvalue weighted by molar-refractivity contribution is -0.137. The van der Waals surface area contributed by atoms with E-state index in [9.17, 15) is 18.0 Å². The lowest BCUT2D eigenvalue weighted by Crippen LogP contribution is -2.63. The van der Waals surface area contributed by atoms with E-state index in [1.165, 1.54) is 11.6 Å². The van der Waals surface area contributed by atoms with Crippen molar-refractivity contribution in [2.75, 3.05) is 19.6 Å². The maximum atomic E-state index is 13.4. The van der Waals surface area contributed by atoms with Gasteiger partial charge in [0, 0.05) is 23.6 Å². The van der Waals surface area contributed by atoms with Crippen molar-refractivity contribution in [2.45, 2.75) is 43.3 Å². The lowest BCUT2D eigenvalue weighted by atomic mass is 9.62. The molecule has 1 amide bonds. The van der Waals surface area contributed by atoms with Crippen LogP contribution in [0, 0.1) is 0 Å². The van der Waals surface area contributed by atoms with Crippen molar-refractivity contribution in [3.05, 3.63) is 95.6 Å². The summed E-state index contributed by atoms with van der Waals surface area (Å²) >= 11 is 0. The van der Waals surface area contributed by atoms with Crippen LogP contribution in [0.15, 0.2) is 78.9 Å². The van der Waals surface area contributed by atoms with Gasteiger partial charge in [-0.05, 0) is 73.7 Å². The molecular formula is C29H29F3N2O. The standard InChI is InChI=1S/C29H29F3N2O/c30-29(31,32)23-13-14-24(25(19-23)21-9-3-1-4-10-21)27(35)33-20-28(34-17-7-8-18-34)16-15-26(28)22-11-5-2-6-12-22/h1-6,9-14,19,26H,7-8,15-18,20H2,(H,33,35). The summed E-state index contributed by atoms with van der Waals surface area (Å²) in [6, 6.07) is 22.6. The molecule has 5 rings (SSSR count). The van der Waals surface area contributed by atoms with Crippen LogP contribution < -0.4 is 5.32 Å². The van der Waals surface area contributed by atoms with E-state index < -0.39 is 11.7 Å². The lowest BCUT2D eigenvalue weighted by Gasteiger charge is -2.55. The molecule has 3 aromatic rings. The molecule has 1 heterocycles. The molecule has 1 aliphatic carbocycles. The van der Waals surface area contributed by atoms with Gasteiger partial charge in [-0.3, -0.25) is 9.69 Å². The summed E-state index contributed by atoms with van der Waals surface area (Å²) in [6.45, 7) is 2.49. The number of hydrogen-bond acceptors (Lipinski definition) is 2. The number of halogens is 3. The number of nitrogens with zero attached hydrogens (tertiary/aromatic N) is 1. The van der Waals surface area contributed by atoms with Gasteiger partial charge in [-0.25, -0.2) is 0 Å². The Morgan fingerprint density at radius 1 is 0.943 bits per heavy atom. The molecule has 1 aliphatic heterocycles. The highest BCUT2D eigenvalue weighted by molar-refractivity contribution is 6.01. The minimum absolute atomic E-state index is 0.160. The first-order valence-electron chi connectivity index (χ1n) is 12.2. The van der Waals surface area contributed by atoms with Crippen LogP contribution in [0.5, 0.6) is 0 Å². The molecule has 1 saturated carbocycles. The molecule has 1 saturated heterocycles. The van der Waals surface area contributed by atoms with Gasteiger partial charge in [-0.1, -0.05) is 60.7 Å². The van der Waals surface area contributed by atoms with Crippen LogP contribution in [0.3, 0.4) is 0 Å². The van der Waals surface area contributed by atoms with Crippen molar-refractivity contribution in [1.82, 2.24) is 10.2 Å². The summed E-state index contributed by atoms with van der Waals surface area (Å²) in [6.07, 6.45) is -0.132. The zero-order valence-electron chi connectivity index (χ0n) is 19.5. The first-order valence-corrected chi connectivity index (χ1v) is 12.2. The molecule has 6 heteroatoms. The summed E-state index contributed by atoms with van der Waals surface area (Å²) in [5.74, 6) is -0.0156. The van der Waals surface area contributed by atoms with E-state index in [0.29, 0.717) is 23.6 Å². The molecule has 0 radical (unpaired) electrons. The zero-order chi connectivity index (χ0) is 24.5. The third kappa shape index (κ3) is 4.59. The van der Waals surface area contributed by atoms with Crippen molar-refractivity contribution >= 4 is 5.91 Å². The number of nitrogens with one attached hydrogen (secondary N) is 1. The molecule has 2 fully saturated rings. The number of rotatable bonds is 6. The van der Waals surface area contributed by atoms with E-state index in [4.69, 9.17) is 0 Å². The minimum atomic E-state index is -4.48. The summed E-state index contributed by atoms with van der Waals surface area (Å²) in [5, 5.41) is 3.12. The molecule has 0 bridgehead atoms. The molecular weight excluding hydrogens is 449 g/mol. The van der Waals surface area contributed by atoms with Gasteiger partial charge in [0.2, 0.25) is 0 Å². The van der Waals surface area contributed by atoms with Gasteiger partial charge in [-0.2, -0.15) is 13.2 Å². The van der Waals surface area contributed by atoms with Crippen molar-refractivity contribution in [1.29, 1.82) is 0 Å². The number of benzene rings is 3. The molecule has 0 spiro atoms. The second-order valence-corrected chi connectivity index (χ2v) is 9.61. The van der Waals surface area contributed by atoms with Crippen LogP contribution in [0.4, 0.5) is 13.2 Å². The van der Waals surface area contributed by atoms with Crippen molar-refractivity contribution in [2.24, 2.45) is 0 Å². The molecule has 0 aromatic heterocycles. The Morgan fingerprint density at radius 2 is 1.60 bits per heavy atom. The van der Waals surface area contributed by atoms with Gasteiger partial charge in [0.05, 0.1) is 5.56 Å². The third-order valence-electron chi connectivity index (χ3n) is 7.68. The highest BCUT2D eigenvalue weighted by Gasteiger charge is 2.52. The molecule has 2 aliphatic rings. The molecule has 2 unspecified atom stereocenters. The van der Waals surface area contributed by atoms with Gasteiger partial charge in [0.25, 0.3) is 5.91 Å². The highest BCUT2D eigenvalue weighted by Crippen LogP contribution is 2.50. The molecule has 2 atom stereocenters. The fourth-order valence-corrected chi connectivity index (χ4v) is 5.75.